The fraction of sp³-hybridized carbons (Fsp3) is 0.486. The maximum Gasteiger partial charge on any atom is 0.0791 e. The van der Waals surface area contributed by atoms with Crippen molar-refractivity contribution in [1.82, 2.24) is 34.9 Å². The standard InChI is InChI=1S/C17H21N5OS.C14H19ClN4O.C3H3NS.C3H2NS.ClH.Zn/c1-3-12-17(23)21(2)13-10-19-14(16-18-8-9-24-16)20-15(13)22(12)11-6-4-5-7-11;1-3-10-13(20)18(2)11-8-16-14(15)17-12(11)19(10)9-6-4-5-7-9;2*1-2-5-3-4-1;;/h8-12H,3-7H2,1-2H3;8-10H,3-7H2,1-2H3;1-3H;1-2H;1H;/q;;;-1;;+2/p-1/t12-;10-;;;;/m11..../s1. The number of aromatic nitrogens is 7. The molecule has 0 N–H and O–H groups in total. The minimum Gasteiger partial charge on any atom is -0.394 e. The van der Waals surface area contributed by atoms with Crippen LogP contribution in [0.2, 0.25) is 5.28 Å². The fourth-order valence-corrected chi connectivity index (χ4v) is 8.87. The van der Waals surface area contributed by atoms with Gasteiger partial charge < -0.3 is 24.6 Å². The Hall–Kier alpha value is -3.21. The quantitative estimate of drug-likeness (QED) is 0.0954. The Morgan fingerprint density at radius 1 is 0.768 bits per heavy atom. The molecule has 9 rings (SSSR count). The molecule has 294 valence electrons. The second-order valence-electron chi connectivity index (χ2n) is 13.2. The van der Waals surface area contributed by atoms with Crippen molar-refractivity contribution >= 4 is 90.1 Å². The summed E-state index contributed by atoms with van der Waals surface area (Å²) in [6.45, 7) is 4.12. The molecule has 56 heavy (non-hydrogen) atoms. The Kier molecular flexibility index (Phi) is 17.3. The molecule has 2 aliphatic heterocycles. The first kappa shape index (κ1) is 43.9. The second kappa shape index (κ2) is 22.1. The summed E-state index contributed by atoms with van der Waals surface area (Å²) in [5.74, 6) is 2.60. The Morgan fingerprint density at radius 3 is 1.75 bits per heavy atom. The molecule has 7 heterocycles. The summed E-state index contributed by atoms with van der Waals surface area (Å²) in [6, 6.07) is 0.513. The molecule has 2 aliphatic carbocycles. The number of hydrogen-bond donors (Lipinski definition) is 0. The number of thiazole rings is 3. The molecule has 0 aromatic carbocycles. The zero-order valence-electron chi connectivity index (χ0n) is 32.0. The molecule has 5 aromatic heterocycles. The summed E-state index contributed by atoms with van der Waals surface area (Å²) < 4.78 is 0. The van der Waals surface area contributed by atoms with E-state index in [1.54, 1.807) is 64.7 Å². The minimum absolute atomic E-state index is 0.123. The number of carbonyl (C=O) groups excluding carboxylic acids is 2. The number of nitrogens with zero attached hydrogens (tertiary/aromatic N) is 11. The Labute approximate surface area is 359 Å². The van der Waals surface area contributed by atoms with E-state index in [-0.39, 0.29) is 29.2 Å². The first-order chi connectivity index (χ1) is 27.3. The molecule has 2 atom stereocenters. The minimum atomic E-state index is -0.137. The molecule has 2 fully saturated rings. The predicted molar refractivity (Wildman–Crippen MR) is 224 cm³/mol. The summed E-state index contributed by atoms with van der Waals surface area (Å²) in [4.78, 5) is 62.6. The molecule has 0 radical (unpaired) electrons. The number of carbonyl (C=O) groups is 2. The number of anilines is 4. The van der Waals surface area contributed by atoms with Gasteiger partial charge in [-0.05, 0) is 55.6 Å². The SMILES string of the molecule is CC[C@@H]1C(=O)N(C)c2cnc(-c3nccs3)nc2N1C1CCCC1.CC[C@@H]1C(=O)N(C)c2cnc(Cl)nc2N1C1CCCC1.[Cl][Zn+].[c-]1nccs1.c1cscn1. The number of rotatable bonds is 5. The zero-order chi connectivity index (χ0) is 40.0. The van der Waals surface area contributed by atoms with Gasteiger partial charge in [-0.15, -0.1) is 34.3 Å². The van der Waals surface area contributed by atoms with Crippen LogP contribution in [0.5, 0.6) is 0 Å². The van der Waals surface area contributed by atoms with E-state index >= 15 is 0 Å². The molecular formula is C37H45Cl2N11O2S3Zn. The largest absolute Gasteiger partial charge is 0.394 e. The number of likely N-dealkylation sites (N-methyl/N-ethyl adjacent to an activating group) is 2. The fourth-order valence-electron chi connectivity index (χ4n) is 7.51. The zero-order valence-corrected chi connectivity index (χ0v) is 38.9. The number of amides is 2. The first-order valence-electron chi connectivity index (χ1n) is 18.6. The van der Waals surface area contributed by atoms with Gasteiger partial charge in [0.05, 0.1) is 17.9 Å². The normalized spacial score (nSPS) is 19.1. The van der Waals surface area contributed by atoms with E-state index in [1.807, 2.05) is 30.1 Å². The van der Waals surface area contributed by atoms with E-state index in [0.29, 0.717) is 17.9 Å². The topological polar surface area (TPSA) is 137 Å². The molecular weight excluding hydrogens is 863 g/mol. The summed E-state index contributed by atoms with van der Waals surface area (Å²) in [6.07, 6.45) is 19.6. The van der Waals surface area contributed by atoms with Crippen LogP contribution in [-0.4, -0.2) is 85.0 Å². The van der Waals surface area contributed by atoms with Crippen LogP contribution in [0, 0.1) is 5.51 Å². The maximum atomic E-state index is 12.8. The third-order valence-corrected chi connectivity index (χ3v) is 12.0. The van der Waals surface area contributed by atoms with Crippen molar-refractivity contribution in [2.24, 2.45) is 0 Å². The van der Waals surface area contributed by atoms with Crippen LogP contribution in [0.4, 0.5) is 23.0 Å². The average Bonchev–Trinajstić information content (AvgIpc) is 4.09. The maximum absolute atomic E-state index is 12.8. The van der Waals surface area contributed by atoms with Crippen LogP contribution in [0.15, 0.2) is 52.6 Å². The Bertz CT molecular complexity index is 1860. The van der Waals surface area contributed by atoms with Gasteiger partial charge in [0.1, 0.15) is 23.5 Å². The third-order valence-electron chi connectivity index (χ3n) is 10.1. The van der Waals surface area contributed by atoms with Crippen molar-refractivity contribution in [3.05, 3.63) is 63.4 Å². The molecule has 5 aromatic rings. The molecule has 2 amide bonds. The van der Waals surface area contributed by atoms with E-state index in [9.17, 15) is 9.59 Å². The van der Waals surface area contributed by atoms with Gasteiger partial charge in [-0.3, -0.25) is 25.9 Å². The molecule has 19 heteroatoms. The summed E-state index contributed by atoms with van der Waals surface area (Å²) in [5, 5.41) is 6.79. The van der Waals surface area contributed by atoms with Gasteiger partial charge >= 0.3 is 27.0 Å². The predicted octanol–water partition coefficient (Wildman–Crippen LogP) is 8.51. The first-order valence-corrected chi connectivity index (χ1v) is 25.6. The van der Waals surface area contributed by atoms with Crippen LogP contribution < -0.4 is 19.6 Å². The van der Waals surface area contributed by atoms with E-state index < -0.39 is 0 Å². The van der Waals surface area contributed by atoms with Crippen molar-refractivity contribution in [1.29, 1.82) is 0 Å². The number of hydrogen-bond acceptors (Lipinski definition) is 14. The van der Waals surface area contributed by atoms with E-state index in [0.717, 1.165) is 83.9 Å². The van der Waals surface area contributed by atoms with Crippen molar-refractivity contribution < 1.29 is 26.9 Å². The monoisotopic (exact) mass is 905 g/mol. The van der Waals surface area contributed by atoms with Gasteiger partial charge in [0.2, 0.25) is 17.1 Å². The van der Waals surface area contributed by atoms with Gasteiger partial charge in [0, 0.05) is 49.3 Å². The van der Waals surface area contributed by atoms with Gasteiger partial charge in [-0.1, -0.05) is 39.5 Å². The third kappa shape index (κ3) is 10.4. The molecule has 0 spiro atoms. The van der Waals surface area contributed by atoms with Crippen LogP contribution >= 0.6 is 55.3 Å². The van der Waals surface area contributed by atoms with E-state index in [4.69, 9.17) is 26.3 Å². The molecule has 0 bridgehead atoms. The van der Waals surface area contributed by atoms with Crippen molar-refractivity contribution in [3.8, 4) is 10.8 Å². The van der Waals surface area contributed by atoms with Gasteiger partial charge in [0.15, 0.2) is 22.5 Å². The van der Waals surface area contributed by atoms with Crippen molar-refractivity contribution in [2.75, 3.05) is 33.7 Å². The van der Waals surface area contributed by atoms with Crippen LogP contribution in [0.3, 0.4) is 0 Å². The van der Waals surface area contributed by atoms with Crippen molar-refractivity contribution in [2.45, 2.75) is 102 Å². The second-order valence-corrected chi connectivity index (χ2v) is 15.9. The molecule has 2 saturated carbocycles. The van der Waals surface area contributed by atoms with Gasteiger partial charge in [-0.2, -0.15) is 4.98 Å². The van der Waals surface area contributed by atoms with Gasteiger partial charge in [0.25, 0.3) is 0 Å². The Morgan fingerprint density at radius 2 is 1.34 bits per heavy atom. The summed E-state index contributed by atoms with van der Waals surface area (Å²) >= 11 is 11.4. The van der Waals surface area contributed by atoms with Crippen LogP contribution in [0.25, 0.3) is 10.8 Å². The molecule has 13 nitrogen and oxygen atoms in total. The Balaban J connectivity index is 0.000000167. The molecule has 0 unspecified atom stereocenters. The smallest absolute Gasteiger partial charge is 0.0791 e. The number of fused-ring (bicyclic) bond motifs is 2. The molecule has 0 saturated heterocycles. The van der Waals surface area contributed by atoms with Crippen molar-refractivity contribution in [3.63, 3.8) is 0 Å². The van der Waals surface area contributed by atoms with Gasteiger partial charge in [-0.25, -0.2) is 19.9 Å². The number of halogens is 2. The molecule has 4 aliphatic rings. The van der Waals surface area contributed by atoms with Crippen LogP contribution in [0.1, 0.15) is 78.1 Å². The summed E-state index contributed by atoms with van der Waals surface area (Å²) in [5.41, 5.74) is 6.01. The van der Waals surface area contributed by atoms with Crippen LogP contribution in [-0.2, 0) is 26.9 Å². The van der Waals surface area contributed by atoms with E-state index in [2.05, 4.69) is 52.1 Å². The summed E-state index contributed by atoms with van der Waals surface area (Å²) in [7, 11) is 8.37. The average molecular weight is 908 g/mol. The van der Waals surface area contributed by atoms with E-state index in [1.165, 1.54) is 48.4 Å².